The van der Waals surface area contributed by atoms with Gasteiger partial charge in [0.15, 0.2) is 23.7 Å². The van der Waals surface area contributed by atoms with Crippen LogP contribution in [0.25, 0.3) is 22.9 Å². The number of pyridine rings is 5. The average Bonchev–Trinajstić information content (AvgIpc) is 1.48. The number of anilines is 4. The quantitative estimate of drug-likeness (QED) is 0.0136. The second kappa shape index (κ2) is 47.0. The van der Waals surface area contributed by atoms with E-state index < -0.39 is 50.6 Å². The molecule has 8 aromatic rings. The number of alkyl halides is 1. The van der Waals surface area contributed by atoms with Crippen LogP contribution in [0.5, 0.6) is 0 Å². The molecule has 8 heterocycles. The standard InChI is InChI=1S/C15H18BN3O3.C14H16BN3O4.C10H14BBrN2O.C10H18O5.C7H9BBrNO.C5H5BrN2.C5H5NO2.C4H7Br.Li.H2O/c1-10(20)13-9-22-15(18-13)12-5-6-17-14(7-12)19(16(2)21)8-11-3-4-11;1-15(21)18(7-9-2-3-9)12-6-10(4-5-16-12)13-17-11(8-22-13)14(19)20;1-11(15)14(7-8-2-3-8)10-6-9(12)4-5-13-10;1-9(2,3)14-7(11)13-8(12)15-10(4,5)6;1-8(11)5-7-4-6(9)2-3-10-7;6-4-1-2-8-5(7)3-4;1-4(7)5-2-8-3-6-5;5-3-4-1-2-4;;/h5-7,9,11,21H,3-4,8H2,1-2H3;4-6,8-9,21H,2-3,7H2,1H3,(H,19,20);4-6,8,15H,2-3,7H2,1H3;1-6H3;2-4,11H,5H2,1H3;1-3H,(H2,7,8);2-3H,1H3;4H,1-3H2;;1H2/q;;;;;;;;+1;/p-1. The van der Waals surface area contributed by atoms with Crippen LogP contribution >= 0.6 is 63.7 Å². The Hall–Kier alpha value is -7.29. The first-order valence-electron chi connectivity index (χ1n) is 34.2. The van der Waals surface area contributed by atoms with Gasteiger partial charge in [0.2, 0.25) is 11.8 Å². The Morgan fingerprint density at radius 2 is 0.917 bits per heavy atom. The number of carbonyl (C=O) groups is 5. The zero-order valence-electron chi connectivity index (χ0n) is 63.0. The van der Waals surface area contributed by atoms with Crippen LogP contribution in [-0.4, -0.2) is 165 Å². The SMILES string of the molecule is BrCC1CC1.CB(O)Cc1cc(Br)ccn1.CB(O)N(CC1CC1)c1cc(-c2nc(C(=O)O)co2)ccn1.CB(O)N(CC1CC1)c1cc(-c2nc(C(C)=O)co2)ccn1.CB(O)N(CC1CC1)c1cc(Br)ccn1.CC(=O)c1cocn1.CC(C)(C)OC(=O)OC(=O)OC(C)(C)C.Nc1cc(Br)ccn1.[Li+].[OH-]. The molecule has 38 heteroatoms. The number of ether oxygens (including phenoxy) is 3. The molecule has 0 atom stereocenters. The number of nitrogens with zero attached hydrogens (tertiary/aromatic N) is 11. The first-order chi connectivity index (χ1) is 49.9. The van der Waals surface area contributed by atoms with E-state index in [9.17, 15) is 39.0 Å². The molecule has 12 rings (SSSR count). The van der Waals surface area contributed by atoms with Crippen molar-refractivity contribution < 1.29 is 101 Å². The first-order valence-corrected chi connectivity index (χ1v) is 37.7. The Balaban J connectivity index is 0.000000331. The van der Waals surface area contributed by atoms with Gasteiger partial charge in [-0.3, -0.25) is 14.6 Å². The summed E-state index contributed by atoms with van der Waals surface area (Å²) in [6.07, 6.45) is 22.1. The Morgan fingerprint density at radius 3 is 1.20 bits per heavy atom. The maximum atomic E-state index is 11.3. The van der Waals surface area contributed by atoms with Crippen molar-refractivity contribution in [3.8, 4) is 22.9 Å². The Bertz CT molecular complexity index is 3870. The van der Waals surface area contributed by atoms with Gasteiger partial charge in [-0.2, -0.15) is 0 Å². The van der Waals surface area contributed by atoms with Crippen molar-refractivity contribution in [2.45, 2.75) is 152 Å². The topological polar surface area (TPSA) is 422 Å². The van der Waals surface area contributed by atoms with Crippen LogP contribution in [0.3, 0.4) is 0 Å². The third-order valence-corrected chi connectivity index (χ3v) is 17.0. The molecule has 576 valence electrons. The summed E-state index contributed by atoms with van der Waals surface area (Å²) in [4.78, 5) is 92.7. The number of rotatable bonds is 20. The number of carboxylic acids is 1. The van der Waals surface area contributed by atoms with Crippen molar-refractivity contribution in [2.24, 2.45) is 23.7 Å². The number of nitrogen functional groups attached to an aromatic ring is 1. The summed E-state index contributed by atoms with van der Waals surface area (Å²) >= 11 is 13.4. The van der Waals surface area contributed by atoms with E-state index in [-0.39, 0.29) is 54.4 Å². The van der Waals surface area contributed by atoms with Crippen LogP contribution in [0.2, 0.25) is 27.3 Å². The molecular formula is C70H93B4Br4LiN12O17. The Kier molecular flexibility index (Phi) is 41.3. The van der Waals surface area contributed by atoms with E-state index in [1.54, 1.807) is 124 Å². The summed E-state index contributed by atoms with van der Waals surface area (Å²) in [6, 6.07) is 18.2. The number of nitrogens with two attached hydrogens (primary N) is 1. The molecule has 0 aromatic carbocycles. The van der Waals surface area contributed by atoms with E-state index in [2.05, 4.69) is 113 Å². The molecule has 29 nitrogen and oxygen atoms in total. The number of aromatic nitrogens is 8. The van der Waals surface area contributed by atoms with Crippen LogP contribution in [0.4, 0.5) is 32.9 Å². The average molecular weight is 1740 g/mol. The number of carbonyl (C=O) groups excluding carboxylic acids is 4. The predicted molar refractivity (Wildman–Crippen MR) is 424 cm³/mol. The number of Topliss-reactive ketones (excluding diaryl/α,β-unsaturated/α-hetero) is 2. The van der Waals surface area contributed by atoms with Crippen LogP contribution in [0.1, 0.15) is 144 Å². The zero-order valence-corrected chi connectivity index (χ0v) is 69.3. The monoisotopic (exact) mass is 1740 g/mol. The molecule has 4 fully saturated rings. The molecule has 4 saturated carbocycles. The number of aromatic carboxylic acids is 1. The summed E-state index contributed by atoms with van der Waals surface area (Å²) in [5.74, 6) is 4.96. The van der Waals surface area contributed by atoms with E-state index in [1.165, 1.54) is 89.5 Å². The molecule has 0 saturated heterocycles. The first kappa shape index (κ1) is 94.9. The number of halogens is 4. The minimum Gasteiger partial charge on any atom is -0.870 e. The van der Waals surface area contributed by atoms with Crippen LogP contribution in [-0.2, 0) is 20.5 Å². The van der Waals surface area contributed by atoms with Gasteiger partial charge in [-0.25, -0.2) is 49.3 Å². The number of hydrogen-bond acceptors (Lipinski definition) is 28. The summed E-state index contributed by atoms with van der Waals surface area (Å²) < 4.78 is 31.9. The molecule has 8 N–H and O–H groups in total. The largest absolute Gasteiger partial charge is 1.00 e. The van der Waals surface area contributed by atoms with Crippen molar-refractivity contribution in [3.63, 3.8) is 0 Å². The van der Waals surface area contributed by atoms with Gasteiger partial charge >= 0.3 is 58.3 Å². The summed E-state index contributed by atoms with van der Waals surface area (Å²) in [5.41, 5.74) is 6.74. The van der Waals surface area contributed by atoms with E-state index >= 15 is 0 Å². The third-order valence-electron chi connectivity index (χ3n) is 14.7. The molecule has 0 amide bonds. The fourth-order valence-corrected chi connectivity index (χ4v) is 10.3. The number of hydrogen-bond donors (Lipinski definition) is 6. The van der Waals surface area contributed by atoms with Crippen LogP contribution in [0, 0.1) is 23.7 Å². The zero-order chi connectivity index (χ0) is 78.4. The van der Waals surface area contributed by atoms with Gasteiger partial charge in [-0.05, 0) is 204 Å². The molecule has 0 spiro atoms. The maximum Gasteiger partial charge on any atom is 1.00 e. The van der Waals surface area contributed by atoms with Gasteiger partial charge in [-0.15, -0.1) is 0 Å². The molecule has 0 radical (unpaired) electrons. The number of ketones is 2. The molecular weight excluding hydrogens is 1650 g/mol. The molecule has 8 aromatic heterocycles. The number of carboxylic acid groups (broad SMARTS) is 1. The van der Waals surface area contributed by atoms with Crippen LogP contribution < -0.4 is 39.0 Å². The van der Waals surface area contributed by atoms with E-state index in [1.807, 2.05) is 50.8 Å². The van der Waals surface area contributed by atoms with Crippen LogP contribution in [0.15, 0.2) is 144 Å². The van der Waals surface area contributed by atoms with Gasteiger partial charge in [0, 0.05) is 100 Å². The molecule has 4 aliphatic rings. The summed E-state index contributed by atoms with van der Waals surface area (Å²) in [7, 11) is -1.74. The maximum absolute atomic E-state index is 11.3. The fraction of sp³-hybridized carbons (Fsp3) is 0.443. The van der Waals surface area contributed by atoms with Gasteiger partial charge in [0.05, 0.1) is 0 Å². The van der Waals surface area contributed by atoms with Crippen molar-refractivity contribution in [1.29, 1.82) is 0 Å². The van der Waals surface area contributed by atoms with Crippen molar-refractivity contribution in [3.05, 3.63) is 153 Å². The molecule has 0 unspecified atom stereocenters. The predicted octanol–water partition coefficient (Wildman–Crippen LogP) is 11.5. The van der Waals surface area contributed by atoms with Gasteiger partial charge in [0.25, 0.3) is 6.92 Å². The molecule has 4 aliphatic carbocycles. The van der Waals surface area contributed by atoms with E-state index in [0.29, 0.717) is 58.5 Å². The van der Waals surface area contributed by atoms with Gasteiger partial charge in [0.1, 0.15) is 64.7 Å². The summed E-state index contributed by atoms with van der Waals surface area (Å²) in [5, 5.41) is 48.8. The normalized spacial score (nSPS) is 12.9. The minimum atomic E-state index is -1.14. The molecule has 0 bridgehead atoms. The summed E-state index contributed by atoms with van der Waals surface area (Å²) in [6.45, 7) is 22.0. The minimum absolute atomic E-state index is 0. The van der Waals surface area contributed by atoms with Gasteiger partial charge in [-0.1, -0.05) is 70.5 Å². The van der Waals surface area contributed by atoms with E-state index in [0.717, 1.165) is 68.2 Å². The second-order valence-electron chi connectivity index (χ2n) is 27.2. The van der Waals surface area contributed by atoms with Crippen molar-refractivity contribution in [2.75, 3.05) is 45.1 Å². The van der Waals surface area contributed by atoms with Crippen molar-refractivity contribution in [1.82, 2.24) is 39.9 Å². The molecule has 0 aliphatic heterocycles. The van der Waals surface area contributed by atoms with E-state index in [4.69, 9.17) is 34.2 Å². The smallest absolute Gasteiger partial charge is 0.870 e. The van der Waals surface area contributed by atoms with Crippen molar-refractivity contribution >= 4 is 145 Å². The Labute approximate surface area is 677 Å². The molecule has 108 heavy (non-hydrogen) atoms. The Morgan fingerprint density at radius 1 is 0.537 bits per heavy atom. The van der Waals surface area contributed by atoms with Gasteiger partial charge < -0.3 is 78.3 Å². The second-order valence-corrected chi connectivity index (χ2v) is 30.6. The number of oxazole rings is 3. The third kappa shape index (κ3) is 38.9. The fourth-order valence-electron chi connectivity index (χ4n) is 8.64.